The fourth-order valence-electron chi connectivity index (χ4n) is 4.07. The summed E-state index contributed by atoms with van der Waals surface area (Å²) in [4.78, 5) is 0. The fraction of sp³-hybridized carbons (Fsp3) is 0.200. The van der Waals surface area contributed by atoms with Crippen LogP contribution < -0.4 is 0 Å². The molecule has 4 aromatic rings. The first-order chi connectivity index (χ1) is 15.2. The Balaban J connectivity index is 1.52. The smallest absolute Gasteiger partial charge is 0.138 e. The van der Waals surface area contributed by atoms with Crippen LogP contribution in [0, 0.1) is 5.82 Å². The Hall–Kier alpha value is -3.19. The molecule has 4 aromatic carbocycles. The van der Waals surface area contributed by atoms with Crippen LogP contribution in [-0.2, 0) is 25.7 Å². The lowest BCUT2D eigenvalue weighted by Crippen LogP contribution is -1.93. The van der Waals surface area contributed by atoms with E-state index in [0.717, 1.165) is 43.1 Å². The van der Waals surface area contributed by atoms with E-state index < -0.39 is 0 Å². The van der Waals surface area contributed by atoms with E-state index in [1.807, 2.05) is 36.4 Å². The van der Waals surface area contributed by atoms with E-state index in [9.17, 15) is 0 Å². The molecule has 0 heterocycles. The molecule has 0 spiro atoms. The zero-order chi connectivity index (χ0) is 21.6. The molecule has 0 fully saturated rings. The molecule has 0 amide bonds. The largest absolute Gasteiger partial charge is 0.206 e. The van der Waals surface area contributed by atoms with E-state index in [0.29, 0.717) is 10.9 Å². The second-order valence-electron chi connectivity index (χ2n) is 8.18. The molecule has 0 aliphatic rings. The minimum Gasteiger partial charge on any atom is -0.206 e. The number of benzene rings is 4. The Bertz CT molecular complexity index is 1170. The van der Waals surface area contributed by atoms with Crippen LogP contribution in [0.15, 0.2) is 91.5 Å². The van der Waals surface area contributed by atoms with Crippen molar-refractivity contribution in [2.24, 2.45) is 0 Å². The van der Waals surface area contributed by atoms with Gasteiger partial charge in [-0.05, 0) is 65.3 Å². The third-order valence-electron chi connectivity index (χ3n) is 6.05. The van der Waals surface area contributed by atoms with Gasteiger partial charge in [-0.25, -0.2) is 4.39 Å². The molecule has 0 nitrogen and oxygen atoms in total. The molecule has 0 aromatic heterocycles. The van der Waals surface area contributed by atoms with Crippen LogP contribution in [0.5, 0.6) is 0 Å². The predicted octanol–water partition coefficient (Wildman–Crippen LogP) is 8.11. The highest BCUT2D eigenvalue weighted by Crippen LogP contribution is 2.30. The summed E-state index contributed by atoms with van der Waals surface area (Å²) >= 11 is 0. The highest BCUT2D eigenvalue weighted by Gasteiger charge is 2.10. The quantitative estimate of drug-likeness (QED) is 0.258. The zero-order valence-electron chi connectivity index (χ0n) is 18.2. The first-order valence-corrected chi connectivity index (χ1v) is 11.2. The topological polar surface area (TPSA) is 0 Å². The Morgan fingerprint density at radius 2 is 1.32 bits per heavy atom. The summed E-state index contributed by atoms with van der Waals surface area (Å²) < 4.78 is 15.3. The van der Waals surface area contributed by atoms with E-state index in [1.54, 1.807) is 0 Å². The van der Waals surface area contributed by atoms with Gasteiger partial charge in [0.2, 0.25) is 0 Å². The maximum Gasteiger partial charge on any atom is 0.138 e. The highest BCUT2D eigenvalue weighted by molar-refractivity contribution is 5.88. The summed E-state index contributed by atoms with van der Waals surface area (Å²) in [6.07, 6.45) is 6.86. The summed E-state index contributed by atoms with van der Waals surface area (Å²) in [6, 6.07) is 27.1. The number of rotatable bonds is 8. The first-order valence-electron chi connectivity index (χ1n) is 11.2. The van der Waals surface area contributed by atoms with E-state index in [2.05, 4.69) is 62.0 Å². The van der Waals surface area contributed by atoms with Gasteiger partial charge in [0.15, 0.2) is 0 Å². The van der Waals surface area contributed by atoms with Gasteiger partial charge >= 0.3 is 0 Å². The Morgan fingerprint density at radius 3 is 2.03 bits per heavy atom. The summed E-state index contributed by atoms with van der Waals surface area (Å²) in [7, 11) is 0. The zero-order valence-corrected chi connectivity index (χ0v) is 18.2. The SMILES string of the molecule is C=CCCc1ccc(-c2ccc3cc(CCc4ccc(CC)cc4)ccc3c2F)cc1. The van der Waals surface area contributed by atoms with Gasteiger partial charge in [0.1, 0.15) is 5.82 Å². The van der Waals surface area contributed by atoms with Crippen molar-refractivity contribution in [3.8, 4) is 11.1 Å². The summed E-state index contributed by atoms with van der Waals surface area (Å²) in [5.41, 5.74) is 6.78. The maximum atomic E-state index is 15.3. The number of hydrogen-bond acceptors (Lipinski definition) is 0. The second kappa shape index (κ2) is 9.75. The standard InChI is InChI=1S/C30H29F/c1-3-5-6-23-13-16-26(17-14-23)28-20-18-27-21-25(15-19-29(27)30(28)31)12-11-24-9-7-22(4-2)8-10-24/h3,7-10,13-21H,1,4-6,11-12H2,2H3. The molecular weight excluding hydrogens is 379 g/mol. The summed E-state index contributed by atoms with van der Waals surface area (Å²) in [6.45, 7) is 5.95. The predicted molar refractivity (Wildman–Crippen MR) is 131 cm³/mol. The van der Waals surface area contributed by atoms with Gasteiger partial charge in [0.05, 0.1) is 0 Å². The Labute approximate surface area is 185 Å². The van der Waals surface area contributed by atoms with Crippen molar-refractivity contribution >= 4 is 10.8 Å². The van der Waals surface area contributed by atoms with Crippen molar-refractivity contribution in [2.45, 2.75) is 39.0 Å². The molecule has 0 aliphatic carbocycles. The average molecular weight is 409 g/mol. The van der Waals surface area contributed by atoms with Crippen LogP contribution in [0.1, 0.15) is 35.6 Å². The number of aryl methyl sites for hydroxylation is 4. The molecule has 156 valence electrons. The summed E-state index contributed by atoms with van der Waals surface area (Å²) in [5, 5.41) is 1.65. The minimum absolute atomic E-state index is 0.141. The van der Waals surface area contributed by atoms with Crippen LogP contribution in [0.4, 0.5) is 4.39 Å². The molecule has 4 rings (SSSR count). The van der Waals surface area contributed by atoms with Crippen molar-refractivity contribution in [1.29, 1.82) is 0 Å². The molecule has 0 saturated heterocycles. The molecule has 31 heavy (non-hydrogen) atoms. The van der Waals surface area contributed by atoms with Gasteiger partial charge in [0.25, 0.3) is 0 Å². The van der Waals surface area contributed by atoms with Gasteiger partial charge in [-0.15, -0.1) is 6.58 Å². The Kier molecular flexibility index (Phi) is 6.62. The van der Waals surface area contributed by atoms with Crippen LogP contribution in [0.3, 0.4) is 0 Å². The van der Waals surface area contributed by atoms with Crippen molar-refractivity contribution in [2.75, 3.05) is 0 Å². The van der Waals surface area contributed by atoms with E-state index >= 15 is 4.39 Å². The van der Waals surface area contributed by atoms with Gasteiger partial charge in [0, 0.05) is 10.9 Å². The molecular formula is C30H29F. The monoisotopic (exact) mass is 408 g/mol. The van der Waals surface area contributed by atoms with Crippen molar-refractivity contribution in [3.05, 3.63) is 120 Å². The number of halogens is 1. The van der Waals surface area contributed by atoms with E-state index in [4.69, 9.17) is 0 Å². The normalized spacial score (nSPS) is 11.0. The van der Waals surface area contributed by atoms with Gasteiger partial charge < -0.3 is 0 Å². The molecule has 0 aliphatic heterocycles. The fourth-order valence-corrected chi connectivity index (χ4v) is 4.07. The molecule has 0 atom stereocenters. The second-order valence-corrected chi connectivity index (χ2v) is 8.18. The van der Waals surface area contributed by atoms with Crippen molar-refractivity contribution in [1.82, 2.24) is 0 Å². The maximum absolute atomic E-state index is 15.3. The number of fused-ring (bicyclic) bond motifs is 1. The van der Waals surface area contributed by atoms with Crippen LogP contribution >= 0.6 is 0 Å². The first kappa shape index (κ1) is 21.1. The van der Waals surface area contributed by atoms with E-state index in [-0.39, 0.29) is 5.82 Å². The molecule has 0 saturated carbocycles. The molecule has 0 radical (unpaired) electrons. The number of allylic oxidation sites excluding steroid dienone is 1. The van der Waals surface area contributed by atoms with E-state index in [1.165, 1.54) is 22.3 Å². The van der Waals surface area contributed by atoms with Crippen LogP contribution in [0.25, 0.3) is 21.9 Å². The van der Waals surface area contributed by atoms with Gasteiger partial charge in [-0.3, -0.25) is 0 Å². The lowest BCUT2D eigenvalue weighted by atomic mass is 9.96. The third-order valence-corrected chi connectivity index (χ3v) is 6.05. The molecule has 0 unspecified atom stereocenters. The summed E-state index contributed by atoms with van der Waals surface area (Å²) in [5.74, 6) is -0.141. The van der Waals surface area contributed by atoms with Crippen LogP contribution in [-0.4, -0.2) is 0 Å². The molecule has 0 N–H and O–H groups in total. The van der Waals surface area contributed by atoms with Crippen molar-refractivity contribution in [3.63, 3.8) is 0 Å². The number of hydrogen-bond donors (Lipinski definition) is 0. The average Bonchev–Trinajstić information content (AvgIpc) is 2.82. The van der Waals surface area contributed by atoms with Crippen LogP contribution in [0.2, 0.25) is 0 Å². The Morgan fingerprint density at radius 1 is 0.710 bits per heavy atom. The molecule has 0 bridgehead atoms. The highest BCUT2D eigenvalue weighted by atomic mass is 19.1. The lowest BCUT2D eigenvalue weighted by molar-refractivity contribution is 0.643. The molecule has 1 heteroatoms. The minimum atomic E-state index is -0.141. The van der Waals surface area contributed by atoms with Gasteiger partial charge in [-0.1, -0.05) is 91.9 Å². The lowest BCUT2D eigenvalue weighted by Gasteiger charge is -2.10. The third kappa shape index (κ3) is 4.94. The van der Waals surface area contributed by atoms with Crippen molar-refractivity contribution < 1.29 is 4.39 Å². The van der Waals surface area contributed by atoms with Gasteiger partial charge in [-0.2, -0.15) is 0 Å².